The van der Waals surface area contributed by atoms with Gasteiger partial charge in [0.1, 0.15) is 18.1 Å². The number of methoxy groups -OCH3 is 1. The summed E-state index contributed by atoms with van der Waals surface area (Å²) in [4.78, 5) is 23.1. The molecule has 0 aliphatic heterocycles. The van der Waals surface area contributed by atoms with Crippen molar-refractivity contribution in [1.82, 2.24) is 9.78 Å². The average molecular weight is 366 g/mol. The lowest BCUT2D eigenvalue weighted by Gasteiger charge is -2.12. The topological polar surface area (TPSA) is 99.3 Å². The first-order valence-corrected chi connectivity index (χ1v) is 8.18. The molecule has 0 saturated carbocycles. The van der Waals surface area contributed by atoms with Crippen LogP contribution in [-0.4, -0.2) is 27.7 Å². The zero-order valence-electron chi connectivity index (χ0n) is 14.9. The Bertz CT molecular complexity index is 997. The molecule has 0 saturated heterocycles. The van der Waals surface area contributed by atoms with Gasteiger partial charge in [-0.15, -0.1) is 0 Å². The average Bonchev–Trinajstić information content (AvgIpc) is 3.12. The number of nitro groups is 1. The second-order valence-electron chi connectivity index (χ2n) is 5.95. The van der Waals surface area contributed by atoms with Crippen LogP contribution in [0.2, 0.25) is 0 Å². The Morgan fingerprint density at radius 2 is 2.07 bits per heavy atom. The van der Waals surface area contributed by atoms with Crippen molar-refractivity contribution in [1.29, 1.82) is 0 Å². The van der Waals surface area contributed by atoms with Crippen LogP contribution in [0.1, 0.15) is 21.5 Å². The molecule has 27 heavy (non-hydrogen) atoms. The number of ether oxygens (including phenoxy) is 1. The molecule has 0 aliphatic rings. The third kappa shape index (κ3) is 4.12. The van der Waals surface area contributed by atoms with E-state index in [1.165, 1.54) is 17.1 Å². The standard InChI is InChI=1S/C19H18N4O4/c1-13-9-16(27-2)7-8-18(13)21-19(24)17-6-4-3-5-14(17)11-22-12-15(10-20-22)23(25)26/h3-10,12H,11H2,1-2H3,(H,21,24). The van der Waals surface area contributed by atoms with Gasteiger partial charge in [0.2, 0.25) is 0 Å². The molecule has 138 valence electrons. The Kier molecular flexibility index (Phi) is 5.16. The van der Waals surface area contributed by atoms with Crippen LogP contribution in [0, 0.1) is 17.0 Å². The highest BCUT2D eigenvalue weighted by molar-refractivity contribution is 6.05. The van der Waals surface area contributed by atoms with Crippen molar-refractivity contribution in [2.24, 2.45) is 0 Å². The molecule has 1 heterocycles. The van der Waals surface area contributed by atoms with Crippen LogP contribution < -0.4 is 10.1 Å². The zero-order chi connectivity index (χ0) is 19.4. The van der Waals surface area contributed by atoms with Crippen molar-refractivity contribution in [3.63, 3.8) is 0 Å². The summed E-state index contributed by atoms with van der Waals surface area (Å²) in [5.74, 6) is 0.451. The van der Waals surface area contributed by atoms with Crippen molar-refractivity contribution in [3.05, 3.63) is 81.7 Å². The fourth-order valence-corrected chi connectivity index (χ4v) is 2.68. The Hall–Kier alpha value is -3.68. The molecule has 0 bridgehead atoms. The molecule has 0 fully saturated rings. The van der Waals surface area contributed by atoms with E-state index in [4.69, 9.17) is 4.74 Å². The van der Waals surface area contributed by atoms with Crippen LogP contribution in [0.4, 0.5) is 11.4 Å². The highest BCUT2D eigenvalue weighted by atomic mass is 16.6. The van der Waals surface area contributed by atoms with Gasteiger partial charge < -0.3 is 10.1 Å². The van der Waals surface area contributed by atoms with Gasteiger partial charge in [0.25, 0.3) is 5.91 Å². The molecule has 3 aromatic rings. The van der Waals surface area contributed by atoms with E-state index in [0.29, 0.717) is 22.6 Å². The van der Waals surface area contributed by atoms with Gasteiger partial charge in [-0.05, 0) is 42.3 Å². The van der Waals surface area contributed by atoms with E-state index < -0.39 is 4.92 Å². The quantitative estimate of drug-likeness (QED) is 0.532. The Morgan fingerprint density at radius 1 is 1.30 bits per heavy atom. The first-order valence-electron chi connectivity index (χ1n) is 8.18. The molecule has 0 atom stereocenters. The lowest BCUT2D eigenvalue weighted by Crippen LogP contribution is -2.16. The molecule has 8 nitrogen and oxygen atoms in total. The van der Waals surface area contributed by atoms with E-state index in [0.717, 1.165) is 5.56 Å². The van der Waals surface area contributed by atoms with E-state index in [2.05, 4.69) is 10.4 Å². The molecule has 3 rings (SSSR count). The smallest absolute Gasteiger partial charge is 0.307 e. The molecular formula is C19H18N4O4. The number of benzene rings is 2. The third-order valence-corrected chi connectivity index (χ3v) is 4.11. The summed E-state index contributed by atoms with van der Waals surface area (Å²) >= 11 is 0. The van der Waals surface area contributed by atoms with Crippen LogP contribution >= 0.6 is 0 Å². The van der Waals surface area contributed by atoms with Crippen LogP contribution in [-0.2, 0) is 6.54 Å². The summed E-state index contributed by atoms with van der Waals surface area (Å²) in [6, 6.07) is 12.5. The lowest BCUT2D eigenvalue weighted by atomic mass is 10.1. The lowest BCUT2D eigenvalue weighted by molar-refractivity contribution is -0.385. The second kappa shape index (κ2) is 7.69. The minimum Gasteiger partial charge on any atom is -0.497 e. The zero-order valence-corrected chi connectivity index (χ0v) is 14.9. The Labute approximate surface area is 155 Å². The second-order valence-corrected chi connectivity index (χ2v) is 5.95. The molecule has 0 radical (unpaired) electrons. The summed E-state index contributed by atoms with van der Waals surface area (Å²) in [5, 5.41) is 17.7. The predicted octanol–water partition coefficient (Wildman–Crippen LogP) is 3.41. The number of nitrogens with zero attached hydrogens (tertiary/aromatic N) is 3. The number of anilines is 1. The van der Waals surface area contributed by atoms with Crippen molar-refractivity contribution in [3.8, 4) is 5.75 Å². The maximum absolute atomic E-state index is 12.8. The van der Waals surface area contributed by atoms with E-state index in [-0.39, 0.29) is 18.1 Å². The number of aryl methyl sites for hydroxylation is 1. The molecule has 0 unspecified atom stereocenters. The molecule has 0 spiro atoms. The maximum atomic E-state index is 12.8. The molecule has 2 aromatic carbocycles. The van der Waals surface area contributed by atoms with Gasteiger partial charge in [0, 0.05) is 11.3 Å². The molecule has 8 heteroatoms. The van der Waals surface area contributed by atoms with Crippen molar-refractivity contribution >= 4 is 17.3 Å². The predicted molar refractivity (Wildman–Crippen MR) is 100 cm³/mol. The first-order chi connectivity index (χ1) is 13.0. The summed E-state index contributed by atoms with van der Waals surface area (Å²) < 4.78 is 6.61. The van der Waals surface area contributed by atoms with E-state index >= 15 is 0 Å². The van der Waals surface area contributed by atoms with Crippen molar-refractivity contribution in [2.45, 2.75) is 13.5 Å². The molecule has 0 aliphatic carbocycles. The summed E-state index contributed by atoms with van der Waals surface area (Å²) in [6.45, 7) is 2.13. The number of hydrogen-bond acceptors (Lipinski definition) is 5. The summed E-state index contributed by atoms with van der Waals surface area (Å²) in [6.07, 6.45) is 2.52. The van der Waals surface area contributed by atoms with Gasteiger partial charge >= 0.3 is 5.69 Å². The Balaban J connectivity index is 1.82. The number of carbonyl (C=O) groups excluding carboxylic acids is 1. The third-order valence-electron chi connectivity index (χ3n) is 4.11. The summed E-state index contributed by atoms with van der Waals surface area (Å²) in [7, 11) is 1.59. The minimum atomic E-state index is -0.505. The van der Waals surface area contributed by atoms with Crippen molar-refractivity contribution in [2.75, 3.05) is 12.4 Å². The fourth-order valence-electron chi connectivity index (χ4n) is 2.68. The number of hydrogen-bond donors (Lipinski definition) is 1. The molecule has 1 N–H and O–H groups in total. The van der Waals surface area contributed by atoms with Gasteiger partial charge in [-0.3, -0.25) is 19.6 Å². The molecule has 1 amide bonds. The highest BCUT2D eigenvalue weighted by Gasteiger charge is 2.15. The van der Waals surface area contributed by atoms with Crippen LogP contribution in [0.3, 0.4) is 0 Å². The normalized spacial score (nSPS) is 10.4. The number of rotatable bonds is 6. The Morgan fingerprint density at radius 3 is 2.74 bits per heavy atom. The maximum Gasteiger partial charge on any atom is 0.307 e. The van der Waals surface area contributed by atoms with Crippen LogP contribution in [0.5, 0.6) is 5.75 Å². The van der Waals surface area contributed by atoms with Crippen molar-refractivity contribution < 1.29 is 14.5 Å². The van der Waals surface area contributed by atoms with Crippen LogP contribution in [0.25, 0.3) is 0 Å². The van der Waals surface area contributed by atoms with Gasteiger partial charge in [-0.25, -0.2) is 0 Å². The largest absolute Gasteiger partial charge is 0.497 e. The fraction of sp³-hybridized carbons (Fsp3) is 0.158. The van der Waals surface area contributed by atoms with Gasteiger partial charge in [0.05, 0.1) is 18.6 Å². The van der Waals surface area contributed by atoms with E-state index in [1.54, 1.807) is 37.4 Å². The molecular weight excluding hydrogens is 348 g/mol. The number of carbonyl (C=O) groups is 1. The molecule has 1 aromatic heterocycles. The number of nitrogens with one attached hydrogen (secondary N) is 1. The van der Waals surface area contributed by atoms with Crippen LogP contribution in [0.15, 0.2) is 54.9 Å². The van der Waals surface area contributed by atoms with Gasteiger partial charge in [-0.2, -0.15) is 5.10 Å². The number of aromatic nitrogens is 2. The SMILES string of the molecule is COc1ccc(NC(=O)c2ccccc2Cn2cc([N+](=O)[O-])cn2)c(C)c1. The minimum absolute atomic E-state index is 0.0919. The van der Waals surface area contributed by atoms with Gasteiger partial charge in [0.15, 0.2) is 0 Å². The monoisotopic (exact) mass is 366 g/mol. The van der Waals surface area contributed by atoms with E-state index in [1.807, 2.05) is 19.1 Å². The highest BCUT2D eigenvalue weighted by Crippen LogP contribution is 2.22. The van der Waals surface area contributed by atoms with Gasteiger partial charge in [-0.1, -0.05) is 18.2 Å². The number of amides is 1. The first kappa shape index (κ1) is 18.1. The summed E-state index contributed by atoms with van der Waals surface area (Å²) in [5.41, 5.74) is 2.66. The van der Waals surface area contributed by atoms with E-state index in [9.17, 15) is 14.9 Å².